The van der Waals surface area contributed by atoms with Crippen molar-refractivity contribution in [3.63, 3.8) is 0 Å². The predicted molar refractivity (Wildman–Crippen MR) is 139 cm³/mol. The van der Waals surface area contributed by atoms with E-state index in [-0.39, 0.29) is 30.3 Å². The lowest BCUT2D eigenvalue weighted by Gasteiger charge is -2.32. The number of hydrogen-bond donors (Lipinski definition) is 3. The number of nitrogens with zero attached hydrogens (tertiary/aromatic N) is 1. The number of thiazole rings is 1. The Bertz CT molecular complexity index is 1230. The Kier molecular flexibility index (Phi) is 8.70. The van der Waals surface area contributed by atoms with E-state index < -0.39 is 17.7 Å². The molecular weight excluding hydrogens is 498 g/mol. The van der Waals surface area contributed by atoms with Crippen molar-refractivity contribution in [2.45, 2.75) is 64.1 Å². The van der Waals surface area contributed by atoms with E-state index in [0.29, 0.717) is 29.5 Å². The minimum absolute atomic E-state index is 0.140. The van der Waals surface area contributed by atoms with Crippen molar-refractivity contribution in [3.05, 3.63) is 75.7 Å². The number of anilines is 1. The second kappa shape index (κ2) is 12.1. The number of urea groups is 1. The van der Waals surface area contributed by atoms with Gasteiger partial charge in [0.05, 0.1) is 6.04 Å². The second-order valence-electron chi connectivity index (χ2n) is 9.34. The van der Waals surface area contributed by atoms with Crippen LogP contribution in [0.15, 0.2) is 47.8 Å². The van der Waals surface area contributed by atoms with E-state index >= 15 is 0 Å². The smallest absolute Gasteiger partial charge is 0.319 e. The summed E-state index contributed by atoms with van der Waals surface area (Å²) in [6.07, 6.45) is 3.20. The number of rotatable bonds is 8. The third-order valence-corrected chi connectivity index (χ3v) is 7.09. The Morgan fingerprint density at radius 3 is 2.41 bits per heavy atom. The van der Waals surface area contributed by atoms with Crippen LogP contribution in [0.2, 0.25) is 0 Å². The van der Waals surface area contributed by atoms with E-state index in [1.54, 1.807) is 5.38 Å². The maximum atomic E-state index is 13.4. The molecule has 10 heteroatoms. The number of amides is 3. The lowest BCUT2D eigenvalue weighted by Crippen LogP contribution is -2.54. The molecule has 1 fully saturated rings. The van der Waals surface area contributed by atoms with Gasteiger partial charge in [-0.15, -0.1) is 11.3 Å². The van der Waals surface area contributed by atoms with Crippen LogP contribution in [-0.4, -0.2) is 29.0 Å². The molecule has 1 aromatic heterocycles. The van der Waals surface area contributed by atoms with Gasteiger partial charge < -0.3 is 20.7 Å². The first-order valence-corrected chi connectivity index (χ1v) is 13.2. The number of benzene rings is 2. The van der Waals surface area contributed by atoms with Crippen LogP contribution in [0, 0.1) is 11.6 Å². The molecule has 0 saturated heterocycles. The average molecular weight is 529 g/mol. The predicted octanol–water partition coefficient (Wildman–Crippen LogP) is 5.99. The number of hydrogen-bond acceptors (Lipinski definition) is 5. The Labute approximate surface area is 218 Å². The second-order valence-corrected chi connectivity index (χ2v) is 10.3. The van der Waals surface area contributed by atoms with Crippen LogP contribution in [0.25, 0.3) is 0 Å². The average Bonchev–Trinajstić information content (AvgIpc) is 3.36. The summed E-state index contributed by atoms with van der Waals surface area (Å²) < 4.78 is 32.4. The topological polar surface area (TPSA) is 92.3 Å². The molecule has 0 unspecified atom stereocenters. The Morgan fingerprint density at radius 2 is 1.73 bits per heavy atom. The largest absolute Gasteiger partial charge is 0.486 e. The van der Waals surface area contributed by atoms with Crippen LogP contribution in [0.3, 0.4) is 0 Å². The zero-order chi connectivity index (χ0) is 26.4. The van der Waals surface area contributed by atoms with E-state index in [1.807, 2.05) is 24.3 Å². The van der Waals surface area contributed by atoms with Gasteiger partial charge in [-0.1, -0.05) is 38.8 Å². The normalized spacial score (nSPS) is 17.3. The van der Waals surface area contributed by atoms with Gasteiger partial charge in [0.25, 0.3) is 5.91 Å². The van der Waals surface area contributed by atoms with Crippen molar-refractivity contribution in [3.8, 4) is 5.75 Å². The molecule has 7 nitrogen and oxygen atoms in total. The quantitative estimate of drug-likeness (QED) is 0.335. The van der Waals surface area contributed by atoms with Crippen molar-refractivity contribution in [2.75, 3.05) is 5.32 Å². The highest BCUT2D eigenvalue weighted by atomic mass is 32.1. The van der Waals surface area contributed by atoms with E-state index in [1.165, 1.54) is 23.0 Å². The highest BCUT2D eigenvalue weighted by Crippen LogP contribution is 2.22. The number of carbonyl (C=O) groups excluding carboxylic acids is 2. The molecule has 1 aliphatic carbocycles. The van der Waals surface area contributed by atoms with Crippen molar-refractivity contribution in [1.82, 2.24) is 15.6 Å². The van der Waals surface area contributed by atoms with E-state index in [9.17, 15) is 18.4 Å². The lowest BCUT2D eigenvalue weighted by atomic mass is 9.90. The van der Waals surface area contributed by atoms with Gasteiger partial charge in [-0.05, 0) is 48.6 Å². The number of ether oxygens (including phenoxy) is 1. The summed E-state index contributed by atoms with van der Waals surface area (Å²) in [4.78, 5) is 29.7. The monoisotopic (exact) mass is 528 g/mol. The summed E-state index contributed by atoms with van der Waals surface area (Å²) in [7, 11) is 0. The van der Waals surface area contributed by atoms with Crippen LogP contribution >= 0.6 is 11.3 Å². The van der Waals surface area contributed by atoms with Crippen molar-refractivity contribution in [1.29, 1.82) is 0 Å². The zero-order valence-corrected chi connectivity index (χ0v) is 21.5. The third-order valence-electron chi connectivity index (χ3n) is 6.27. The molecule has 1 aliphatic rings. The van der Waals surface area contributed by atoms with Gasteiger partial charge in [0.15, 0.2) is 11.6 Å². The first-order chi connectivity index (χ1) is 17.8. The lowest BCUT2D eigenvalue weighted by molar-refractivity contribution is 0.0911. The van der Waals surface area contributed by atoms with Crippen molar-refractivity contribution >= 4 is 29.0 Å². The van der Waals surface area contributed by atoms with Crippen molar-refractivity contribution < 1.29 is 23.1 Å². The van der Waals surface area contributed by atoms with Crippen LogP contribution in [0.4, 0.5) is 19.3 Å². The fourth-order valence-electron chi connectivity index (χ4n) is 4.20. The Balaban J connectivity index is 1.30. The van der Waals surface area contributed by atoms with Gasteiger partial charge >= 0.3 is 6.03 Å². The first kappa shape index (κ1) is 26.5. The SMILES string of the molecule is CC(C)c1ccc(OCc2nc(C(=O)N[C@H]3CCCC[C@H]3NC(=O)Nc3ccc(F)c(F)c3)cs2)cc1. The molecule has 0 aliphatic heterocycles. The maximum Gasteiger partial charge on any atom is 0.319 e. The minimum Gasteiger partial charge on any atom is -0.486 e. The Morgan fingerprint density at radius 1 is 1.03 bits per heavy atom. The first-order valence-electron chi connectivity index (χ1n) is 12.3. The number of nitrogens with one attached hydrogen (secondary N) is 3. The third kappa shape index (κ3) is 7.25. The van der Waals surface area contributed by atoms with Gasteiger partial charge in [-0.2, -0.15) is 0 Å². The summed E-state index contributed by atoms with van der Waals surface area (Å²) >= 11 is 1.35. The molecule has 2 atom stereocenters. The molecule has 2 aromatic carbocycles. The molecule has 3 N–H and O–H groups in total. The molecule has 37 heavy (non-hydrogen) atoms. The zero-order valence-electron chi connectivity index (χ0n) is 20.7. The van der Waals surface area contributed by atoms with Gasteiger partial charge in [-0.25, -0.2) is 18.6 Å². The van der Waals surface area contributed by atoms with Crippen LogP contribution in [0.1, 0.15) is 66.5 Å². The Hall–Kier alpha value is -3.53. The molecule has 0 radical (unpaired) electrons. The van der Waals surface area contributed by atoms with Gasteiger partial charge in [0.2, 0.25) is 0 Å². The van der Waals surface area contributed by atoms with Gasteiger partial charge in [0.1, 0.15) is 23.1 Å². The number of carbonyl (C=O) groups is 2. The summed E-state index contributed by atoms with van der Waals surface area (Å²) in [5.74, 6) is -1.16. The molecule has 3 aromatic rings. The molecule has 196 valence electrons. The summed E-state index contributed by atoms with van der Waals surface area (Å²) in [5, 5.41) is 10.7. The van der Waals surface area contributed by atoms with Gasteiger partial charge in [-0.3, -0.25) is 4.79 Å². The summed E-state index contributed by atoms with van der Waals surface area (Å²) in [6.45, 7) is 4.53. The van der Waals surface area contributed by atoms with Gasteiger partial charge in [0, 0.05) is 23.2 Å². The van der Waals surface area contributed by atoms with Crippen molar-refractivity contribution in [2.24, 2.45) is 0 Å². The molecule has 0 bridgehead atoms. The molecule has 4 rings (SSSR count). The van der Waals surface area contributed by atoms with Crippen LogP contribution < -0.4 is 20.7 Å². The molecule has 0 spiro atoms. The maximum absolute atomic E-state index is 13.4. The van der Waals surface area contributed by atoms with E-state index in [4.69, 9.17) is 4.74 Å². The standard InChI is InChI=1S/C27H30F2N4O3S/c1-16(2)17-7-10-19(11-8-17)36-14-25-31-24(15-37-25)26(34)32-22-5-3-4-6-23(22)33-27(35)30-18-9-12-20(28)21(29)13-18/h7-13,15-16,22-23H,3-6,14H2,1-2H3,(H,32,34)(H2,30,33,35)/t22-,23+/m0/s1. The number of aromatic nitrogens is 1. The molecule has 1 saturated carbocycles. The highest BCUT2D eigenvalue weighted by molar-refractivity contribution is 7.09. The van der Waals surface area contributed by atoms with Crippen LogP contribution in [0.5, 0.6) is 5.75 Å². The highest BCUT2D eigenvalue weighted by Gasteiger charge is 2.29. The molecule has 3 amide bonds. The van der Waals surface area contributed by atoms with E-state index in [0.717, 1.165) is 30.7 Å². The summed E-state index contributed by atoms with van der Waals surface area (Å²) in [6, 6.07) is 9.93. The number of halogens is 2. The fourth-order valence-corrected chi connectivity index (χ4v) is 4.89. The molecular formula is C27H30F2N4O3S. The molecule has 1 heterocycles. The summed E-state index contributed by atoms with van der Waals surface area (Å²) in [5.41, 5.74) is 1.67. The van der Waals surface area contributed by atoms with Crippen LogP contribution in [-0.2, 0) is 6.61 Å². The minimum atomic E-state index is -1.04. The fraction of sp³-hybridized carbons (Fsp3) is 0.370. The van der Waals surface area contributed by atoms with E-state index in [2.05, 4.69) is 34.8 Å².